The highest BCUT2D eigenvalue weighted by atomic mass is 16.2. The molecule has 25 heavy (non-hydrogen) atoms. The molecule has 1 aromatic rings. The average molecular weight is 345 g/mol. The Labute approximate surface area is 149 Å². The SMILES string of the molecule is CCc1nccc(CN2C[C@@H]3CC[C@H](C2)N(CC(=O)N(C)C)C3=O)n1. The second kappa shape index (κ2) is 7.47. The van der Waals surface area contributed by atoms with Crippen molar-refractivity contribution in [3.05, 3.63) is 23.8 Å². The molecule has 1 aromatic heterocycles. The zero-order valence-corrected chi connectivity index (χ0v) is 15.3. The van der Waals surface area contributed by atoms with Crippen LogP contribution in [-0.4, -0.2) is 76.3 Å². The number of piperidine rings is 1. The molecular weight excluding hydrogens is 318 g/mol. The lowest BCUT2D eigenvalue weighted by Crippen LogP contribution is -2.51. The van der Waals surface area contributed by atoms with Gasteiger partial charge in [-0.25, -0.2) is 9.97 Å². The van der Waals surface area contributed by atoms with Crippen LogP contribution in [-0.2, 0) is 22.6 Å². The Morgan fingerprint density at radius 1 is 1.32 bits per heavy atom. The molecule has 0 saturated carbocycles. The molecule has 4 rings (SSSR count). The van der Waals surface area contributed by atoms with Crippen LogP contribution >= 0.6 is 0 Å². The van der Waals surface area contributed by atoms with Gasteiger partial charge in [0.1, 0.15) is 12.4 Å². The van der Waals surface area contributed by atoms with E-state index in [-0.39, 0.29) is 30.3 Å². The van der Waals surface area contributed by atoms with E-state index in [0.717, 1.165) is 50.4 Å². The number of amides is 2. The highest BCUT2D eigenvalue weighted by Gasteiger charge is 2.41. The van der Waals surface area contributed by atoms with Crippen molar-refractivity contribution in [2.45, 2.75) is 38.8 Å². The molecule has 3 aliphatic heterocycles. The Bertz CT molecular complexity index is 648. The summed E-state index contributed by atoms with van der Waals surface area (Å²) in [5.74, 6) is 0.951. The van der Waals surface area contributed by atoms with E-state index in [9.17, 15) is 9.59 Å². The molecule has 2 atom stereocenters. The van der Waals surface area contributed by atoms with Crippen LogP contribution in [0, 0.1) is 5.92 Å². The van der Waals surface area contributed by atoms with Gasteiger partial charge >= 0.3 is 0 Å². The van der Waals surface area contributed by atoms with Gasteiger partial charge in [0.25, 0.3) is 0 Å². The first-order valence-electron chi connectivity index (χ1n) is 9.01. The zero-order valence-electron chi connectivity index (χ0n) is 15.3. The number of carbonyl (C=O) groups is 2. The molecule has 0 unspecified atom stereocenters. The summed E-state index contributed by atoms with van der Waals surface area (Å²) in [6.45, 7) is 4.50. The smallest absolute Gasteiger partial charge is 0.241 e. The van der Waals surface area contributed by atoms with Gasteiger partial charge in [-0.1, -0.05) is 6.92 Å². The van der Waals surface area contributed by atoms with Gasteiger partial charge in [-0.2, -0.15) is 0 Å². The van der Waals surface area contributed by atoms with Gasteiger partial charge in [0.15, 0.2) is 0 Å². The molecule has 7 nitrogen and oxygen atoms in total. The van der Waals surface area contributed by atoms with E-state index in [0.29, 0.717) is 0 Å². The van der Waals surface area contributed by atoms with Gasteiger partial charge in [0, 0.05) is 52.4 Å². The van der Waals surface area contributed by atoms with Gasteiger partial charge in [-0.05, 0) is 18.9 Å². The quantitative estimate of drug-likeness (QED) is 0.779. The van der Waals surface area contributed by atoms with Crippen molar-refractivity contribution in [2.75, 3.05) is 33.7 Å². The number of nitrogens with zero attached hydrogens (tertiary/aromatic N) is 5. The second-order valence-corrected chi connectivity index (χ2v) is 7.19. The number of aryl methyl sites for hydroxylation is 1. The molecule has 4 heterocycles. The van der Waals surface area contributed by atoms with Crippen molar-refractivity contribution in [1.82, 2.24) is 24.7 Å². The summed E-state index contributed by atoms with van der Waals surface area (Å²) in [6.07, 6.45) is 4.51. The first-order valence-corrected chi connectivity index (χ1v) is 9.01. The highest BCUT2D eigenvalue weighted by Crippen LogP contribution is 2.29. The fourth-order valence-corrected chi connectivity index (χ4v) is 3.68. The van der Waals surface area contributed by atoms with E-state index in [1.807, 2.05) is 13.0 Å². The highest BCUT2D eigenvalue weighted by molar-refractivity contribution is 5.86. The molecule has 2 bridgehead atoms. The Balaban J connectivity index is 1.72. The third kappa shape index (κ3) is 3.98. The lowest BCUT2D eigenvalue weighted by molar-refractivity contribution is -0.145. The van der Waals surface area contributed by atoms with Crippen LogP contribution < -0.4 is 0 Å². The minimum Gasteiger partial charge on any atom is -0.347 e. The van der Waals surface area contributed by atoms with E-state index in [1.54, 1.807) is 30.1 Å². The molecule has 3 fully saturated rings. The summed E-state index contributed by atoms with van der Waals surface area (Å²) in [5.41, 5.74) is 0.997. The average Bonchev–Trinajstić information content (AvgIpc) is 2.86. The van der Waals surface area contributed by atoms with E-state index in [1.165, 1.54) is 0 Å². The molecule has 0 spiro atoms. The largest absolute Gasteiger partial charge is 0.347 e. The maximum Gasteiger partial charge on any atom is 0.241 e. The molecule has 136 valence electrons. The lowest BCUT2D eigenvalue weighted by atomic mass is 9.94. The summed E-state index contributed by atoms with van der Waals surface area (Å²) in [4.78, 5) is 39.4. The monoisotopic (exact) mass is 345 g/mol. The second-order valence-electron chi connectivity index (χ2n) is 7.19. The van der Waals surface area contributed by atoms with Crippen molar-refractivity contribution < 1.29 is 9.59 Å². The first-order chi connectivity index (χ1) is 12.0. The minimum atomic E-state index is -0.0177. The van der Waals surface area contributed by atoms with E-state index >= 15 is 0 Å². The molecule has 0 radical (unpaired) electrons. The molecule has 0 aliphatic carbocycles. The third-order valence-electron chi connectivity index (χ3n) is 5.14. The van der Waals surface area contributed by atoms with Gasteiger partial charge < -0.3 is 9.80 Å². The van der Waals surface area contributed by atoms with Crippen molar-refractivity contribution in [3.8, 4) is 0 Å². The van der Waals surface area contributed by atoms with Crippen LogP contribution in [0.5, 0.6) is 0 Å². The number of hydrogen-bond acceptors (Lipinski definition) is 5. The van der Waals surface area contributed by atoms with Crippen LogP contribution in [0.4, 0.5) is 0 Å². The maximum absolute atomic E-state index is 12.8. The van der Waals surface area contributed by atoms with Crippen LogP contribution in [0.1, 0.15) is 31.3 Å². The number of carbonyl (C=O) groups excluding carboxylic acids is 2. The molecule has 3 aliphatic rings. The summed E-state index contributed by atoms with van der Waals surface area (Å²) >= 11 is 0. The van der Waals surface area contributed by atoms with Gasteiger partial charge in [-0.15, -0.1) is 0 Å². The van der Waals surface area contributed by atoms with E-state index < -0.39 is 0 Å². The van der Waals surface area contributed by atoms with Crippen LogP contribution in [0.3, 0.4) is 0 Å². The minimum absolute atomic E-state index is 0.0128. The summed E-state index contributed by atoms with van der Waals surface area (Å²) in [7, 11) is 3.46. The maximum atomic E-state index is 12.8. The molecule has 7 heteroatoms. The summed E-state index contributed by atoms with van der Waals surface area (Å²) in [5, 5.41) is 0. The van der Waals surface area contributed by atoms with Crippen LogP contribution in [0.2, 0.25) is 0 Å². The molecule has 2 amide bonds. The van der Waals surface area contributed by atoms with Gasteiger partial charge in [0.2, 0.25) is 11.8 Å². The van der Waals surface area contributed by atoms with E-state index in [2.05, 4.69) is 14.9 Å². The normalized spacial score (nSPS) is 23.6. The van der Waals surface area contributed by atoms with Crippen molar-refractivity contribution in [2.24, 2.45) is 5.92 Å². The summed E-state index contributed by atoms with van der Waals surface area (Å²) in [6, 6.07) is 2.06. The van der Waals surface area contributed by atoms with Crippen molar-refractivity contribution in [3.63, 3.8) is 0 Å². The predicted molar refractivity (Wildman–Crippen MR) is 93.6 cm³/mol. The van der Waals surface area contributed by atoms with Crippen LogP contribution in [0.15, 0.2) is 12.3 Å². The fraction of sp³-hybridized carbons (Fsp3) is 0.667. The fourth-order valence-electron chi connectivity index (χ4n) is 3.68. The number of likely N-dealkylation sites (N-methyl/N-ethyl adjacent to an activating group) is 1. The third-order valence-corrected chi connectivity index (χ3v) is 5.14. The Kier molecular flexibility index (Phi) is 5.32. The molecular formula is C18H27N5O2. The summed E-state index contributed by atoms with van der Waals surface area (Å²) < 4.78 is 0. The predicted octanol–water partition coefficient (Wildman–Crippen LogP) is 0.550. The molecule has 3 saturated heterocycles. The van der Waals surface area contributed by atoms with E-state index in [4.69, 9.17) is 0 Å². The Morgan fingerprint density at radius 3 is 2.84 bits per heavy atom. The van der Waals surface area contributed by atoms with Gasteiger partial charge in [-0.3, -0.25) is 14.5 Å². The molecule has 0 aromatic carbocycles. The number of aromatic nitrogens is 2. The lowest BCUT2D eigenvalue weighted by Gasteiger charge is -2.36. The zero-order chi connectivity index (χ0) is 18.0. The van der Waals surface area contributed by atoms with Crippen molar-refractivity contribution >= 4 is 11.8 Å². The Morgan fingerprint density at radius 2 is 2.12 bits per heavy atom. The molecule has 0 N–H and O–H groups in total. The topological polar surface area (TPSA) is 69.6 Å². The number of rotatable bonds is 5. The standard InChI is InChI=1S/C18H27N5O2/c1-4-16-19-8-7-14(20-16)10-22-9-13-5-6-15(11-22)23(18(13)25)12-17(24)21(2)3/h7-8,13,15H,4-6,9-12H2,1-3H3/t13-,15+/m0/s1. The number of fused-ring (bicyclic) bond motifs is 4. The van der Waals surface area contributed by atoms with Crippen LogP contribution in [0.25, 0.3) is 0 Å². The number of hydrogen-bond donors (Lipinski definition) is 0. The van der Waals surface area contributed by atoms with Crippen molar-refractivity contribution in [1.29, 1.82) is 0 Å². The van der Waals surface area contributed by atoms with Gasteiger partial charge in [0.05, 0.1) is 11.6 Å². The Hall–Kier alpha value is -2.02. The first kappa shape index (κ1) is 17.8.